The number of carbonyl (C=O) groups excluding carboxylic acids is 3. The SMILES string of the molecule is CCC(C)C(NC(=O)c1ccccc1Cl)C(=O)N1CCN(C(=O)NC(C)C)C(C)C1. The highest BCUT2D eigenvalue weighted by Crippen LogP contribution is 2.19. The van der Waals surface area contributed by atoms with Crippen LogP contribution in [-0.2, 0) is 4.79 Å². The maximum atomic E-state index is 13.3. The van der Waals surface area contributed by atoms with Crippen molar-refractivity contribution in [3.05, 3.63) is 34.9 Å². The summed E-state index contributed by atoms with van der Waals surface area (Å²) in [6, 6.07) is 5.97. The minimum atomic E-state index is -0.651. The minimum Gasteiger partial charge on any atom is -0.340 e. The number of carbonyl (C=O) groups is 3. The van der Waals surface area contributed by atoms with E-state index in [0.29, 0.717) is 30.2 Å². The molecule has 1 aromatic carbocycles. The molecule has 3 unspecified atom stereocenters. The van der Waals surface area contributed by atoms with Gasteiger partial charge in [-0.2, -0.15) is 0 Å². The van der Waals surface area contributed by atoms with Gasteiger partial charge < -0.3 is 20.4 Å². The van der Waals surface area contributed by atoms with Crippen LogP contribution in [0.2, 0.25) is 5.02 Å². The number of hydrogen-bond acceptors (Lipinski definition) is 3. The smallest absolute Gasteiger partial charge is 0.317 e. The van der Waals surface area contributed by atoms with Gasteiger partial charge in [0.05, 0.1) is 10.6 Å². The minimum absolute atomic E-state index is 0.0403. The monoisotopic (exact) mass is 436 g/mol. The second-order valence-corrected chi connectivity index (χ2v) is 8.65. The lowest BCUT2D eigenvalue weighted by atomic mass is 9.96. The molecule has 1 fully saturated rings. The van der Waals surface area contributed by atoms with Gasteiger partial charge in [-0.15, -0.1) is 0 Å². The van der Waals surface area contributed by atoms with Crippen molar-refractivity contribution in [1.82, 2.24) is 20.4 Å². The Balaban J connectivity index is 2.10. The van der Waals surface area contributed by atoms with Crippen molar-refractivity contribution in [3.63, 3.8) is 0 Å². The Bertz CT molecular complexity index is 771. The van der Waals surface area contributed by atoms with Gasteiger partial charge in [-0.05, 0) is 38.8 Å². The van der Waals surface area contributed by atoms with Gasteiger partial charge in [0.25, 0.3) is 5.91 Å². The first kappa shape index (κ1) is 24.0. The summed E-state index contributed by atoms with van der Waals surface area (Å²) in [7, 11) is 0. The summed E-state index contributed by atoms with van der Waals surface area (Å²) in [6.07, 6.45) is 0.742. The summed E-state index contributed by atoms with van der Waals surface area (Å²) in [5, 5.41) is 6.14. The Morgan fingerprint density at radius 2 is 1.80 bits per heavy atom. The topological polar surface area (TPSA) is 81.8 Å². The van der Waals surface area contributed by atoms with Gasteiger partial charge in [-0.1, -0.05) is 44.0 Å². The van der Waals surface area contributed by atoms with Crippen LogP contribution in [0.5, 0.6) is 0 Å². The van der Waals surface area contributed by atoms with Crippen LogP contribution < -0.4 is 10.6 Å². The number of nitrogens with one attached hydrogen (secondary N) is 2. The summed E-state index contributed by atoms with van der Waals surface area (Å²) in [5.41, 5.74) is 0.351. The van der Waals surface area contributed by atoms with Crippen LogP contribution in [0.25, 0.3) is 0 Å². The van der Waals surface area contributed by atoms with Crippen LogP contribution in [0.4, 0.5) is 4.79 Å². The third-order valence-corrected chi connectivity index (χ3v) is 5.83. The van der Waals surface area contributed by atoms with Crippen LogP contribution in [0.1, 0.15) is 51.4 Å². The fourth-order valence-corrected chi connectivity index (χ4v) is 3.76. The highest BCUT2D eigenvalue weighted by Gasteiger charge is 2.35. The van der Waals surface area contributed by atoms with Crippen LogP contribution >= 0.6 is 11.6 Å². The van der Waals surface area contributed by atoms with Crippen molar-refractivity contribution in [2.75, 3.05) is 19.6 Å². The van der Waals surface area contributed by atoms with E-state index in [2.05, 4.69) is 10.6 Å². The number of rotatable bonds is 6. The first-order valence-corrected chi connectivity index (χ1v) is 10.9. The Hall–Kier alpha value is -2.28. The number of nitrogens with zero attached hydrogens (tertiary/aromatic N) is 2. The lowest BCUT2D eigenvalue weighted by molar-refractivity contribution is -0.136. The van der Waals surface area contributed by atoms with E-state index in [0.717, 1.165) is 6.42 Å². The Labute approximate surface area is 184 Å². The zero-order valence-corrected chi connectivity index (χ0v) is 19.2. The van der Waals surface area contributed by atoms with Gasteiger partial charge in [-0.25, -0.2) is 4.79 Å². The van der Waals surface area contributed by atoms with Crippen LogP contribution in [0.3, 0.4) is 0 Å². The van der Waals surface area contributed by atoms with Gasteiger partial charge in [-0.3, -0.25) is 9.59 Å². The van der Waals surface area contributed by atoms with Gasteiger partial charge >= 0.3 is 6.03 Å². The summed E-state index contributed by atoms with van der Waals surface area (Å²) in [4.78, 5) is 41.9. The van der Waals surface area contributed by atoms with Crippen LogP contribution in [0, 0.1) is 5.92 Å². The Morgan fingerprint density at radius 1 is 1.13 bits per heavy atom. The third-order valence-electron chi connectivity index (χ3n) is 5.50. The molecule has 1 aromatic rings. The summed E-state index contributed by atoms with van der Waals surface area (Å²) < 4.78 is 0. The Morgan fingerprint density at radius 3 is 2.37 bits per heavy atom. The van der Waals surface area contributed by atoms with E-state index < -0.39 is 6.04 Å². The molecule has 1 heterocycles. The van der Waals surface area contributed by atoms with Crippen molar-refractivity contribution >= 4 is 29.4 Å². The van der Waals surface area contributed by atoms with E-state index in [9.17, 15) is 14.4 Å². The number of hydrogen-bond donors (Lipinski definition) is 2. The van der Waals surface area contributed by atoms with Gasteiger partial charge in [0.15, 0.2) is 0 Å². The normalized spacial score (nSPS) is 18.7. The molecule has 1 aliphatic rings. The molecule has 1 saturated heterocycles. The molecule has 8 heteroatoms. The lowest BCUT2D eigenvalue weighted by Gasteiger charge is -2.41. The highest BCUT2D eigenvalue weighted by atomic mass is 35.5. The van der Waals surface area contributed by atoms with Crippen molar-refractivity contribution in [2.45, 2.75) is 59.2 Å². The van der Waals surface area contributed by atoms with E-state index in [4.69, 9.17) is 11.6 Å². The van der Waals surface area contributed by atoms with E-state index in [1.165, 1.54) is 0 Å². The fraction of sp³-hybridized carbons (Fsp3) is 0.591. The molecule has 0 bridgehead atoms. The molecule has 30 heavy (non-hydrogen) atoms. The largest absolute Gasteiger partial charge is 0.340 e. The molecule has 2 N–H and O–H groups in total. The second-order valence-electron chi connectivity index (χ2n) is 8.25. The van der Waals surface area contributed by atoms with E-state index >= 15 is 0 Å². The van der Waals surface area contributed by atoms with Crippen molar-refractivity contribution in [3.8, 4) is 0 Å². The summed E-state index contributed by atoms with van der Waals surface area (Å²) in [5.74, 6) is -0.524. The molecule has 166 valence electrons. The Kier molecular flexibility index (Phi) is 8.53. The third kappa shape index (κ3) is 5.88. The molecule has 0 saturated carbocycles. The van der Waals surface area contributed by atoms with Crippen LogP contribution in [-0.4, -0.2) is 65.4 Å². The molecular formula is C22H33ClN4O3. The number of amides is 4. The second kappa shape index (κ2) is 10.7. The standard InChI is InChI=1S/C22H33ClN4O3/c1-6-15(4)19(25-20(28)17-9-7-8-10-18(17)23)21(29)26-11-12-27(16(5)13-26)22(30)24-14(2)3/h7-10,14-16,19H,6,11-13H2,1-5H3,(H,24,30)(H,25,28). The zero-order valence-electron chi connectivity index (χ0n) is 18.4. The molecule has 4 amide bonds. The fourth-order valence-electron chi connectivity index (χ4n) is 3.53. The number of benzene rings is 1. The first-order valence-electron chi connectivity index (χ1n) is 10.6. The zero-order chi connectivity index (χ0) is 22.4. The predicted octanol–water partition coefficient (Wildman–Crippen LogP) is 3.14. The molecular weight excluding hydrogens is 404 g/mol. The van der Waals surface area contributed by atoms with Gasteiger partial charge in [0.2, 0.25) is 5.91 Å². The van der Waals surface area contributed by atoms with Gasteiger partial charge in [0, 0.05) is 31.7 Å². The van der Waals surface area contributed by atoms with Crippen LogP contribution in [0.15, 0.2) is 24.3 Å². The quantitative estimate of drug-likeness (QED) is 0.718. The maximum absolute atomic E-state index is 13.3. The number of piperazine rings is 1. The van der Waals surface area contributed by atoms with E-state index in [1.54, 1.807) is 34.1 Å². The number of halogens is 1. The van der Waals surface area contributed by atoms with Gasteiger partial charge in [0.1, 0.15) is 6.04 Å². The molecule has 0 aromatic heterocycles. The van der Waals surface area contributed by atoms with Crippen molar-refractivity contribution < 1.29 is 14.4 Å². The van der Waals surface area contributed by atoms with Crippen molar-refractivity contribution in [1.29, 1.82) is 0 Å². The highest BCUT2D eigenvalue weighted by molar-refractivity contribution is 6.33. The van der Waals surface area contributed by atoms with E-state index in [1.807, 2.05) is 34.6 Å². The molecule has 1 aliphatic heterocycles. The average Bonchev–Trinajstić information content (AvgIpc) is 2.70. The van der Waals surface area contributed by atoms with Crippen molar-refractivity contribution in [2.24, 2.45) is 5.92 Å². The average molecular weight is 437 g/mol. The first-order chi connectivity index (χ1) is 14.1. The molecule has 2 rings (SSSR count). The molecule has 7 nitrogen and oxygen atoms in total. The molecule has 0 radical (unpaired) electrons. The molecule has 0 spiro atoms. The summed E-state index contributed by atoms with van der Waals surface area (Å²) in [6.45, 7) is 11.0. The molecule has 0 aliphatic carbocycles. The molecule has 3 atom stereocenters. The van der Waals surface area contributed by atoms with E-state index in [-0.39, 0.29) is 35.8 Å². The summed E-state index contributed by atoms with van der Waals surface area (Å²) >= 11 is 6.15. The lowest BCUT2D eigenvalue weighted by Crippen LogP contribution is -2.61. The maximum Gasteiger partial charge on any atom is 0.317 e. The number of urea groups is 1. The predicted molar refractivity (Wildman–Crippen MR) is 119 cm³/mol.